The smallest absolute Gasteiger partial charge is 0.259 e. The van der Waals surface area contributed by atoms with Gasteiger partial charge in [-0.05, 0) is 43.3 Å². The number of pyridine rings is 1. The second kappa shape index (κ2) is 6.61. The van der Waals surface area contributed by atoms with Crippen molar-refractivity contribution in [2.24, 2.45) is 0 Å². The van der Waals surface area contributed by atoms with Gasteiger partial charge in [0.2, 0.25) is 0 Å². The lowest BCUT2D eigenvalue weighted by Gasteiger charge is -2.08. The Morgan fingerprint density at radius 2 is 1.96 bits per heavy atom. The molecule has 0 atom stereocenters. The summed E-state index contributed by atoms with van der Waals surface area (Å²) in [4.78, 5) is 17.4. The fraction of sp³-hybridized carbons (Fsp3) is 0.105. The van der Waals surface area contributed by atoms with E-state index in [1.807, 2.05) is 0 Å². The molecule has 4 aromatic rings. The number of amides is 1. The lowest BCUT2D eigenvalue weighted by Crippen LogP contribution is -2.13. The zero-order valence-electron chi connectivity index (χ0n) is 15.0. The normalized spacial score (nSPS) is 11.6. The van der Waals surface area contributed by atoms with Gasteiger partial charge in [-0.15, -0.1) is 0 Å². The molecule has 3 aromatic heterocycles. The van der Waals surface area contributed by atoms with E-state index in [9.17, 15) is 13.2 Å². The highest BCUT2D eigenvalue weighted by atomic mass is 32.2. The summed E-state index contributed by atoms with van der Waals surface area (Å²) in [5.41, 5.74) is 1.79. The molecule has 3 heterocycles. The van der Waals surface area contributed by atoms with Crippen LogP contribution in [-0.2, 0) is 9.84 Å². The molecule has 0 aliphatic rings. The minimum absolute atomic E-state index is 0.114. The number of carbonyl (C=O) groups excluding carboxylic acids is 1. The molecule has 28 heavy (non-hydrogen) atoms. The van der Waals surface area contributed by atoms with Crippen molar-refractivity contribution in [1.29, 1.82) is 0 Å². The predicted octanol–water partition coefficient (Wildman–Crippen LogP) is 3.45. The van der Waals surface area contributed by atoms with Crippen LogP contribution in [0.5, 0.6) is 0 Å². The van der Waals surface area contributed by atoms with E-state index in [1.54, 1.807) is 37.3 Å². The van der Waals surface area contributed by atoms with Crippen molar-refractivity contribution in [3.8, 4) is 11.5 Å². The van der Waals surface area contributed by atoms with Crippen LogP contribution >= 0.6 is 0 Å². The van der Waals surface area contributed by atoms with E-state index < -0.39 is 15.7 Å². The van der Waals surface area contributed by atoms with E-state index in [1.165, 1.54) is 18.4 Å². The molecule has 4 rings (SSSR count). The second-order valence-electron chi connectivity index (χ2n) is 6.23. The summed E-state index contributed by atoms with van der Waals surface area (Å²) >= 11 is 0. The number of furan rings is 1. The van der Waals surface area contributed by atoms with Gasteiger partial charge in [0.1, 0.15) is 5.69 Å². The van der Waals surface area contributed by atoms with Crippen LogP contribution in [0.4, 0.5) is 5.69 Å². The Balaban J connectivity index is 1.78. The SMILES string of the molecule is Cc1noc2nc(-c3ccco3)cc(C(=O)Nc3cccc(S(C)(=O)=O)c3)c12. The quantitative estimate of drug-likeness (QED) is 0.561. The predicted molar refractivity (Wildman–Crippen MR) is 102 cm³/mol. The zero-order valence-corrected chi connectivity index (χ0v) is 15.8. The van der Waals surface area contributed by atoms with E-state index >= 15 is 0 Å². The van der Waals surface area contributed by atoms with E-state index in [-0.39, 0.29) is 10.6 Å². The van der Waals surface area contributed by atoms with Gasteiger partial charge < -0.3 is 14.3 Å². The summed E-state index contributed by atoms with van der Waals surface area (Å²) in [7, 11) is -3.39. The molecule has 0 radical (unpaired) electrons. The average molecular weight is 397 g/mol. The van der Waals surface area contributed by atoms with E-state index in [0.29, 0.717) is 33.8 Å². The van der Waals surface area contributed by atoms with E-state index in [2.05, 4.69) is 15.5 Å². The summed E-state index contributed by atoms with van der Waals surface area (Å²) in [5.74, 6) is 0.0289. The van der Waals surface area contributed by atoms with Gasteiger partial charge in [-0.2, -0.15) is 0 Å². The van der Waals surface area contributed by atoms with Gasteiger partial charge in [0, 0.05) is 11.9 Å². The Hall–Kier alpha value is -3.46. The largest absolute Gasteiger partial charge is 0.463 e. The molecule has 0 unspecified atom stereocenters. The first-order chi connectivity index (χ1) is 13.3. The number of anilines is 1. The Morgan fingerprint density at radius 1 is 1.14 bits per heavy atom. The number of carbonyl (C=O) groups is 1. The molecule has 8 nitrogen and oxygen atoms in total. The molecule has 1 aromatic carbocycles. The molecule has 0 saturated carbocycles. The molecule has 1 N–H and O–H groups in total. The minimum Gasteiger partial charge on any atom is -0.463 e. The van der Waals surface area contributed by atoms with Crippen LogP contribution in [-0.4, -0.2) is 30.7 Å². The highest BCUT2D eigenvalue weighted by Crippen LogP contribution is 2.28. The van der Waals surface area contributed by atoms with Crippen molar-refractivity contribution >= 4 is 32.5 Å². The van der Waals surface area contributed by atoms with Gasteiger partial charge in [0.25, 0.3) is 11.6 Å². The maximum absolute atomic E-state index is 13.0. The van der Waals surface area contributed by atoms with Gasteiger partial charge in [-0.3, -0.25) is 4.79 Å². The highest BCUT2D eigenvalue weighted by molar-refractivity contribution is 7.90. The Kier molecular flexibility index (Phi) is 4.23. The number of rotatable bonds is 4. The van der Waals surface area contributed by atoms with Crippen molar-refractivity contribution in [3.05, 3.63) is 60.0 Å². The number of hydrogen-bond acceptors (Lipinski definition) is 7. The number of aryl methyl sites for hydroxylation is 1. The van der Waals surface area contributed by atoms with Gasteiger partial charge in [-0.25, -0.2) is 13.4 Å². The molecule has 9 heteroatoms. The Labute approximate surface area is 160 Å². The molecule has 1 amide bonds. The summed E-state index contributed by atoms with van der Waals surface area (Å²) in [5, 5.41) is 7.09. The minimum atomic E-state index is -3.39. The van der Waals surface area contributed by atoms with Crippen LogP contribution in [0.1, 0.15) is 16.1 Å². The molecule has 0 bridgehead atoms. The third-order valence-corrected chi connectivity index (χ3v) is 5.27. The molecular weight excluding hydrogens is 382 g/mol. The van der Waals surface area contributed by atoms with Gasteiger partial charge in [-0.1, -0.05) is 11.2 Å². The molecule has 0 fully saturated rings. The Bertz CT molecular complexity index is 1290. The summed E-state index contributed by atoms with van der Waals surface area (Å²) in [6.45, 7) is 1.71. The van der Waals surface area contributed by atoms with Crippen molar-refractivity contribution < 1.29 is 22.2 Å². The topological polar surface area (TPSA) is 115 Å². The van der Waals surface area contributed by atoms with Crippen molar-refractivity contribution in [2.45, 2.75) is 11.8 Å². The molecule has 0 aliphatic carbocycles. The van der Waals surface area contributed by atoms with Crippen molar-refractivity contribution in [1.82, 2.24) is 10.1 Å². The van der Waals surface area contributed by atoms with E-state index in [4.69, 9.17) is 8.94 Å². The fourth-order valence-electron chi connectivity index (χ4n) is 2.83. The average Bonchev–Trinajstić information content (AvgIpc) is 3.31. The monoisotopic (exact) mass is 397 g/mol. The van der Waals surface area contributed by atoms with Crippen molar-refractivity contribution in [2.75, 3.05) is 11.6 Å². The first kappa shape index (κ1) is 17.9. The van der Waals surface area contributed by atoms with Crippen LogP contribution in [0.3, 0.4) is 0 Å². The van der Waals surface area contributed by atoms with Crippen LogP contribution in [0.25, 0.3) is 22.6 Å². The van der Waals surface area contributed by atoms with Gasteiger partial charge in [0.05, 0.1) is 27.8 Å². The standard InChI is InChI=1S/C19H15N3O5S/c1-11-17-14(10-15(16-7-4-8-26-16)21-19(17)27-22-11)18(23)20-12-5-3-6-13(9-12)28(2,24)25/h3-10H,1-2H3,(H,20,23). The molecular formula is C19H15N3O5S. The first-order valence-corrected chi connectivity index (χ1v) is 10.1. The number of nitrogens with one attached hydrogen (secondary N) is 1. The highest BCUT2D eigenvalue weighted by Gasteiger charge is 2.20. The second-order valence-corrected chi connectivity index (χ2v) is 8.25. The zero-order chi connectivity index (χ0) is 19.9. The van der Waals surface area contributed by atoms with E-state index in [0.717, 1.165) is 6.26 Å². The lowest BCUT2D eigenvalue weighted by molar-refractivity contribution is 0.102. The number of benzene rings is 1. The third kappa shape index (κ3) is 3.27. The van der Waals surface area contributed by atoms with Gasteiger partial charge >= 0.3 is 0 Å². The lowest BCUT2D eigenvalue weighted by atomic mass is 10.1. The van der Waals surface area contributed by atoms with Crippen molar-refractivity contribution in [3.63, 3.8) is 0 Å². The summed E-state index contributed by atoms with van der Waals surface area (Å²) in [6, 6.07) is 11.1. The molecule has 0 spiro atoms. The number of nitrogens with zero attached hydrogens (tertiary/aromatic N) is 2. The molecule has 0 saturated heterocycles. The molecule has 142 valence electrons. The molecule has 0 aliphatic heterocycles. The summed E-state index contributed by atoms with van der Waals surface area (Å²) in [6.07, 6.45) is 2.61. The maximum Gasteiger partial charge on any atom is 0.259 e. The number of sulfone groups is 1. The fourth-order valence-corrected chi connectivity index (χ4v) is 3.49. The van der Waals surface area contributed by atoms with Gasteiger partial charge in [0.15, 0.2) is 15.6 Å². The van der Waals surface area contributed by atoms with Crippen LogP contribution in [0.2, 0.25) is 0 Å². The number of aromatic nitrogens is 2. The number of fused-ring (bicyclic) bond motifs is 1. The summed E-state index contributed by atoms with van der Waals surface area (Å²) < 4.78 is 34.1. The third-order valence-electron chi connectivity index (χ3n) is 4.16. The maximum atomic E-state index is 13.0. The van der Waals surface area contributed by atoms with Crippen LogP contribution in [0, 0.1) is 6.92 Å². The number of hydrogen-bond donors (Lipinski definition) is 1. The first-order valence-electron chi connectivity index (χ1n) is 8.25. The Morgan fingerprint density at radius 3 is 2.68 bits per heavy atom. The van der Waals surface area contributed by atoms with Crippen LogP contribution in [0.15, 0.2) is 62.6 Å². The van der Waals surface area contributed by atoms with Crippen LogP contribution < -0.4 is 5.32 Å².